The quantitative estimate of drug-likeness (QED) is 0.832. The summed E-state index contributed by atoms with van der Waals surface area (Å²) < 4.78 is 0. The van der Waals surface area contributed by atoms with Gasteiger partial charge in [0.05, 0.1) is 0 Å². The molecule has 96 valence electrons. The molecule has 0 aromatic carbocycles. The van der Waals surface area contributed by atoms with Crippen molar-refractivity contribution in [2.24, 2.45) is 5.92 Å². The number of aliphatic carboxylic acids is 1. The summed E-state index contributed by atoms with van der Waals surface area (Å²) in [6, 6.07) is 4.73. The number of carboxylic acid groups (broad SMARTS) is 1. The number of anilines is 1. The monoisotopic (exact) mass is 247 g/mol. The first kappa shape index (κ1) is 14.0. The molecule has 1 heterocycles. The highest BCUT2D eigenvalue weighted by Gasteiger charge is 2.19. The van der Waals surface area contributed by atoms with Crippen molar-refractivity contribution in [1.82, 2.24) is 4.98 Å². The molecule has 0 fully saturated rings. The summed E-state index contributed by atoms with van der Waals surface area (Å²) in [5.41, 5.74) is 1.09. The van der Waals surface area contributed by atoms with E-state index in [1.54, 1.807) is 19.1 Å². The van der Waals surface area contributed by atoms with Crippen LogP contribution in [0.1, 0.15) is 31.5 Å². The number of hydrogen-bond donors (Lipinski definition) is 2. The van der Waals surface area contributed by atoms with Gasteiger partial charge in [0.1, 0.15) is 23.6 Å². The number of aromatic nitrogens is 1. The lowest BCUT2D eigenvalue weighted by atomic mass is 10.0. The molecule has 0 aliphatic heterocycles. The molecule has 0 amide bonds. The highest BCUT2D eigenvalue weighted by molar-refractivity contribution is 5.76. The van der Waals surface area contributed by atoms with Gasteiger partial charge in [0, 0.05) is 0 Å². The van der Waals surface area contributed by atoms with Crippen molar-refractivity contribution in [3.63, 3.8) is 0 Å². The lowest BCUT2D eigenvalue weighted by Crippen LogP contribution is -2.31. The van der Waals surface area contributed by atoms with Crippen molar-refractivity contribution in [2.75, 3.05) is 5.32 Å². The molecular weight excluding hydrogens is 230 g/mol. The molecule has 5 nitrogen and oxygen atoms in total. The number of nitrogens with one attached hydrogen (secondary N) is 1. The van der Waals surface area contributed by atoms with Crippen LogP contribution < -0.4 is 5.32 Å². The lowest BCUT2D eigenvalue weighted by molar-refractivity contribution is -0.138. The second-order valence-corrected chi connectivity index (χ2v) is 4.64. The van der Waals surface area contributed by atoms with Crippen molar-refractivity contribution in [3.8, 4) is 6.07 Å². The summed E-state index contributed by atoms with van der Waals surface area (Å²) in [5, 5.41) is 20.8. The van der Waals surface area contributed by atoms with E-state index in [1.165, 1.54) is 0 Å². The number of pyridine rings is 1. The van der Waals surface area contributed by atoms with E-state index < -0.39 is 12.0 Å². The normalized spacial score (nSPS) is 11.9. The molecule has 1 aromatic heterocycles. The topological polar surface area (TPSA) is 86.0 Å². The Hall–Kier alpha value is -2.09. The van der Waals surface area contributed by atoms with Gasteiger partial charge in [-0.25, -0.2) is 9.78 Å². The van der Waals surface area contributed by atoms with Crippen LogP contribution in [0.2, 0.25) is 0 Å². The third-order valence-electron chi connectivity index (χ3n) is 2.53. The predicted octanol–water partition coefficient (Wildman–Crippen LogP) is 2.17. The van der Waals surface area contributed by atoms with E-state index in [2.05, 4.69) is 10.3 Å². The Morgan fingerprint density at radius 2 is 2.22 bits per heavy atom. The zero-order valence-corrected chi connectivity index (χ0v) is 10.8. The molecule has 0 unspecified atom stereocenters. The number of carbonyl (C=O) groups is 1. The summed E-state index contributed by atoms with van der Waals surface area (Å²) >= 11 is 0. The zero-order chi connectivity index (χ0) is 13.7. The molecule has 0 aliphatic rings. The number of carboxylic acids is 1. The van der Waals surface area contributed by atoms with Crippen LogP contribution in [-0.2, 0) is 4.79 Å². The molecule has 1 atom stereocenters. The first-order valence-corrected chi connectivity index (χ1v) is 5.81. The summed E-state index contributed by atoms with van der Waals surface area (Å²) in [6.07, 6.45) is 0.507. The fourth-order valence-corrected chi connectivity index (χ4v) is 1.59. The molecule has 18 heavy (non-hydrogen) atoms. The summed E-state index contributed by atoms with van der Waals surface area (Å²) in [7, 11) is 0. The van der Waals surface area contributed by atoms with Gasteiger partial charge in [-0.05, 0) is 30.9 Å². The molecule has 0 saturated heterocycles. The number of nitriles is 1. The summed E-state index contributed by atoms with van der Waals surface area (Å²) in [4.78, 5) is 15.2. The molecule has 1 rings (SSSR count). The standard InChI is InChI=1S/C13H17N3O2/c1-8(2)6-10(13(17)18)15-12-5-4-9(3)11(7-14)16-12/h4-5,8,10H,6H2,1-3H3,(H,15,16)(H,17,18)/t10-/m0/s1. The van der Waals surface area contributed by atoms with E-state index in [4.69, 9.17) is 10.4 Å². The van der Waals surface area contributed by atoms with Gasteiger partial charge in [-0.2, -0.15) is 5.26 Å². The van der Waals surface area contributed by atoms with E-state index in [9.17, 15) is 4.79 Å². The van der Waals surface area contributed by atoms with Crippen LogP contribution in [0.15, 0.2) is 12.1 Å². The Balaban J connectivity index is 2.88. The lowest BCUT2D eigenvalue weighted by Gasteiger charge is -2.17. The van der Waals surface area contributed by atoms with E-state index >= 15 is 0 Å². The van der Waals surface area contributed by atoms with E-state index in [-0.39, 0.29) is 5.92 Å². The molecular formula is C13H17N3O2. The maximum absolute atomic E-state index is 11.1. The van der Waals surface area contributed by atoms with Crippen LogP contribution in [0.4, 0.5) is 5.82 Å². The van der Waals surface area contributed by atoms with Gasteiger partial charge in [0.2, 0.25) is 0 Å². The molecule has 0 radical (unpaired) electrons. The Labute approximate surface area is 106 Å². The van der Waals surface area contributed by atoms with Crippen LogP contribution in [0.3, 0.4) is 0 Å². The molecule has 1 aromatic rings. The second-order valence-electron chi connectivity index (χ2n) is 4.64. The molecule has 2 N–H and O–H groups in total. The van der Waals surface area contributed by atoms with E-state index in [1.807, 2.05) is 19.9 Å². The highest BCUT2D eigenvalue weighted by atomic mass is 16.4. The summed E-state index contributed by atoms with van der Waals surface area (Å²) in [6.45, 7) is 5.71. The largest absolute Gasteiger partial charge is 0.480 e. The van der Waals surface area contributed by atoms with Crippen molar-refractivity contribution in [2.45, 2.75) is 33.2 Å². The minimum atomic E-state index is -0.912. The second kappa shape index (κ2) is 6.01. The molecule has 0 aliphatic carbocycles. The van der Waals surface area contributed by atoms with Crippen LogP contribution in [0.25, 0.3) is 0 Å². The van der Waals surface area contributed by atoms with Crippen molar-refractivity contribution in [3.05, 3.63) is 23.4 Å². The van der Waals surface area contributed by atoms with Gasteiger partial charge in [-0.1, -0.05) is 19.9 Å². The van der Waals surface area contributed by atoms with Crippen LogP contribution in [0, 0.1) is 24.2 Å². The van der Waals surface area contributed by atoms with Crippen LogP contribution in [0.5, 0.6) is 0 Å². The summed E-state index contributed by atoms with van der Waals surface area (Å²) in [5.74, 6) is -0.228. The van der Waals surface area contributed by atoms with E-state index in [0.717, 1.165) is 5.56 Å². The van der Waals surface area contributed by atoms with E-state index in [0.29, 0.717) is 17.9 Å². The Bertz CT molecular complexity index is 478. The van der Waals surface area contributed by atoms with Gasteiger partial charge in [0.25, 0.3) is 0 Å². The predicted molar refractivity (Wildman–Crippen MR) is 68.2 cm³/mol. The van der Waals surface area contributed by atoms with Gasteiger partial charge >= 0.3 is 5.97 Å². The van der Waals surface area contributed by atoms with Crippen LogP contribution in [-0.4, -0.2) is 22.1 Å². The first-order valence-electron chi connectivity index (χ1n) is 5.81. The minimum absolute atomic E-state index is 0.263. The van der Waals surface area contributed by atoms with Gasteiger partial charge < -0.3 is 10.4 Å². The zero-order valence-electron chi connectivity index (χ0n) is 10.8. The molecule has 0 saturated carbocycles. The third kappa shape index (κ3) is 3.74. The molecule has 5 heteroatoms. The minimum Gasteiger partial charge on any atom is -0.480 e. The number of aryl methyl sites for hydroxylation is 1. The number of nitrogens with zero attached hydrogens (tertiary/aromatic N) is 2. The average Bonchev–Trinajstić information content (AvgIpc) is 2.29. The average molecular weight is 247 g/mol. The highest BCUT2D eigenvalue weighted by Crippen LogP contribution is 2.14. The number of rotatable bonds is 5. The molecule has 0 spiro atoms. The SMILES string of the molecule is Cc1ccc(N[C@@H](CC(C)C)C(=O)O)nc1C#N. The fourth-order valence-electron chi connectivity index (χ4n) is 1.59. The van der Waals surface area contributed by atoms with Crippen molar-refractivity contribution >= 4 is 11.8 Å². The first-order chi connectivity index (χ1) is 8.43. The van der Waals surface area contributed by atoms with Crippen molar-refractivity contribution in [1.29, 1.82) is 5.26 Å². The van der Waals surface area contributed by atoms with Gasteiger partial charge in [-0.3, -0.25) is 0 Å². The maximum Gasteiger partial charge on any atom is 0.326 e. The molecule has 0 bridgehead atoms. The number of hydrogen-bond acceptors (Lipinski definition) is 4. The Kier molecular flexibility index (Phi) is 4.67. The Morgan fingerprint density at radius 1 is 1.56 bits per heavy atom. The van der Waals surface area contributed by atoms with Crippen molar-refractivity contribution < 1.29 is 9.90 Å². The van der Waals surface area contributed by atoms with Gasteiger partial charge in [0.15, 0.2) is 0 Å². The fraction of sp³-hybridized carbons (Fsp3) is 0.462. The Morgan fingerprint density at radius 3 is 2.72 bits per heavy atom. The van der Waals surface area contributed by atoms with Gasteiger partial charge in [-0.15, -0.1) is 0 Å². The third-order valence-corrected chi connectivity index (χ3v) is 2.53. The van der Waals surface area contributed by atoms with Crippen LogP contribution >= 0.6 is 0 Å². The maximum atomic E-state index is 11.1. The smallest absolute Gasteiger partial charge is 0.326 e.